The highest BCUT2D eigenvalue weighted by molar-refractivity contribution is 5.89. The van der Waals surface area contributed by atoms with Gasteiger partial charge in [-0.05, 0) is 42.2 Å². The molecule has 0 saturated heterocycles. The fourth-order valence-electron chi connectivity index (χ4n) is 2.82. The lowest BCUT2D eigenvalue weighted by molar-refractivity contribution is 0.0694. The van der Waals surface area contributed by atoms with Gasteiger partial charge >= 0.3 is 5.97 Å². The SMILES string of the molecule is Cc1ccc(CN2CCc3c(cccc3C(=O)O)C2)nc1. The van der Waals surface area contributed by atoms with Crippen molar-refractivity contribution in [1.82, 2.24) is 9.88 Å². The van der Waals surface area contributed by atoms with E-state index in [1.54, 1.807) is 6.07 Å². The summed E-state index contributed by atoms with van der Waals surface area (Å²) in [6, 6.07) is 9.67. The van der Waals surface area contributed by atoms with Gasteiger partial charge in [0.25, 0.3) is 0 Å². The summed E-state index contributed by atoms with van der Waals surface area (Å²) in [4.78, 5) is 18.0. The van der Waals surface area contributed by atoms with E-state index in [0.717, 1.165) is 48.4 Å². The third-order valence-electron chi connectivity index (χ3n) is 3.93. The Balaban J connectivity index is 1.77. The first kappa shape index (κ1) is 13.8. The molecule has 4 heteroatoms. The van der Waals surface area contributed by atoms with Gasteiger partial charge in [0.15, 0.2) is 0 Å². The van der Waals surface area contributed by atoms with Gasteiger partial charge in [0.2, 0.25) is 0 Å². The van der Waals surface area contributed by atoms with E-state index in [-0.39, 0.29) is 0 Å². The number of hydrogen-bond acceptors (Lipinski definition) is 3. The Labute approximate surface area is 124 Å². The molecule has 0 fully saturated rings. The fraction of sp³-hybridized carbons (Fsp3) is 0.294. The molecule has 3 rings (SSSR count). The molecule has 2 aromatic rings. The molecule has 4 nitrogen and oxygen atoms in total. The lowest BCUT2D eigenvalue weighted by Crippen LogP contribution is -2.31. The number of aryl methyl sites for hydroxylation is 1. The quantitative estimate of drug-likeness (QED) is 0.940. The second-order valence-electron chi connectivity index (χ2n) is 5.54. The molecule has 0 aliphatic carbocycles. The normalized spacial score (nSPS) is 14.7. The van der Waals surface area contributed by atoms with Gasteiger partial charge in [0, 0.05) is 25.8 Å². The van der Waals surface area contributed by atoms with Crippen molar-refractivity contribution in [1.29, 1.82) is 0 Å². The van der Waals surface area contributed by atoms with Crippen molar-refractivity contribution >= 4 is 5.97 Å². The molecule has 0 bridgehead atoms. The van der Waals surface area contributed by atoms with Crippen molar-refractivity contribution in [3.8, 4) is 0 Å². The van der Waals surface area contributed by atoms with Gasteiger partial charge in [-0.25, -0.2) is 4.79 Å². The van der Waals surface area contributed by atoms with E-state index in [9.17, 15) is 9.90 Å². The number of carbonyl (C=O) groups is 1. The summed E-state index contributed by atoms with van der Waals surface area (Å²) < 4.78 is 0. The Morgan fingerprint density at radius 3 is 2.90 bits per heavy atom. The predicted molar refractivity (Wildman–Crippen MR) is 80.2 cm³/mol. The maximum atomic E-state index is 11.3. The largest absolute Gasteiger partial charge is 0.478 e. The van der Waals surface area contributed by atoms with Crippen molar-refractivity contribution in [2.24, 2.45) is 0 Å². The van der Waals surface area contributed by atoms with E-state index < -0.39 is 5.97 Å². The molecule has 0 spiro atoms. The maximum absolute atomic E-state index is 11.3. The smallest absolute Gasteiger partial charge is 0.335 e. The number of carboxylic acids is 1. The number of benzene rings is 1. The number of carboxylic acid groups (broad SMARTS) is 1. The van der Waals surface area contributed by atoms with Gasteiger partial charge < -0.3 is 5.11 Å². The van der Waals surface area contributed by atoms with E-state index in [2.05, 4.69) is 22.0 Å². The van der Waals surface area contributed by atoms with Gasteiger partial charge in [-0.1, -0.05) is 18.2 Å². The van der Waals surface area contributed by atoms with Crippen LogP contribution in [0.4, 0.5) is 0 Å². The lowest BCUT2D eigenvalue weighted by atomic mass is 9.94. The Morgan fingerprint density at radius 2 is 2.19 bits per heavy atom. The van der Waals surface area contributed by atoms with Crippen molar-refractivity contribution in [2.75, 3.05) is 6.54 Å². The van der Waals surface area contributed by atoms with Crippen molar-refractivity contribution in [3.05, 3.63) is 64.5 Å². The topological polar surface area (TPSA) is 53.4 Å². The van der Waals surface area contributed by atoms with Crippen LogP contribution >= 0.6 is 0 Å². The summed E-state index contributed by atoms with van der Waals surface area (Å²) in [5.74, 6) is -0.833. The zero-order valence-corrected chi connectivity index (χ0v) is 12.0. The molecular weight excluding hydrogens is 264 g/mol. The highest BCUT2D eigenvalue weighted by atomic mass is 16.4. The van der Waals surface area contributed by atoms with Crippen LogP contribution in [0.1, 0.15) is 32.7 Å². The Bertz CT molecular complexity index is 665. The fourth-order valence-corrected chi connectivity index (χ4v) is 2.82. The van der Waals surface area contributed by atoms with E-state index >= 15 is 0 Å². The van der Waals surface area contributed by atoms with Crippen LogP contribution < -0.4 is 0 Å². The minimum absolute atomic E-state index is 0.445. The molecule has 1 aliphatic heterocycles. The van der Waals surface area contributed by atoms with Gasteiger partial charge in [0.05, 0.1) is 11.3 Å². The number of hydrogen-bond donors (Lipinski definition) is 1. The Morgan fingerprint density at radius 1 is 1.33 bits per heavy atom. The van der Waals surface area contributed by atoms with Gasteiger partial charge in [0.1, 0.15) is 0 Å². The molecule has 2 heterocycles. The zero-order valence-electron chi connectivity index (χ0n) is 12.0. The molecule has 1 aliphatic rings. The van der Waals surface area contributed by atoms with Gasteiger partial charge in [-0.2, -0.15) is 0 Å². The van der Waals surface area contributed by atoms with Crippen molar-refractivity contribution in [2.45, 2.75) is 26.4 Å². The van der Waals surface area contributed by atoms with E-state index in [4.69, 9.17) is 0 Å². The number of nitrogens with zero attached hydrogens (tertiary/aromatic N) is 2. The molecule has 21 heavy (non-hydrogen) atoms. The Hall–Kier alpha value is -2.20. The van der Waals surface area contributed by atoms with Crippen molar-refractivity contribution < 1.29 is 9.90 Å². The summed E-state index contributed by atoms with van der Waals surface area (Å²) in [5, 5.41) is 9.24. The summed E-state index contributed by atoms with van der Waals surface area (Å²) in [6.45, 7) is 4.48. The molecule has 108 valence electrons. The summed E-state index contributed by atoms with van der Waals surface area (Å²) >= 11 is 0. The van der Waals surface area contributed by atoms with Crippen LogP contribution in [-0.2, 0) is 19.5 Å². The van der Waals surface area contributed by atoms with Crippen LogP contribution in [0.25, 0.3) is 0 Å². The minimum atomic E-state index is -0.833. The van der Waals surface area contributed by atoms with Crippen molar-refractivity contribution in [3.63, 3.8) is 0 Å². The molecule has 0 amide bonds. The molecule has 0 atom stereocenters. The molecule has 1 aromatic heterocycles. The van der Waals surface area contributed by atoms with E-state index in [1.165, 1.54) is 0 Å². The standard InChI is InChI=1S/C17H18N2O2/c1-12-5-6-14(18-9-12)11-19-8-7-15-13(10-19)3-2-4-16(15)17(20)21/h2-6,9H,7-8,10-11H2,1H3,(H,20,21). The number of aromatic nitrogens is 1. The molecule has 0 saturated carbocycles. The molecule has 1 N–H and O–H groups in total. The highest BCUT2D eigenvalue weighted by Crippen LogP contribution is 2.23. The summed E-state index contributed by atoms with van der Waals surface area (Å²) in [6.07, 6.45) is 2.67. The lowest BCUT2D eigenvalue weighted by Gasteiger charge is -2.29. The van der Waals surface area contributed by atoms with E-state index in [1.807, 2.05) is 25.3 Å². The second kappa shape index (κ2) is 5.66. The second-order valence-corrected chi connectivity index (χ2v) is 5.54. The number of fused-ring (bicyclic) bond motifs is 1. The van der Waals surface area contributed by atoms with Crippen LogP contribution in [0.15, 0.2) is 36.5 Å². The first-order valence-corrected chi connectivity index (χ1v) is 7.11. The highest BCUT2D eigenvalue weighted by Gasteiger charge is 2.21. The van der Waals surface area contributed by atoms with Crippen LogP contribution in [0.5, 0.6) is 0 Å². The minimum Gasteiger partial charge on any atom is -0.478 e. The average molecular weight is 282 g/mol. The third kappa shape index (κ3) is 2.95. The number of aromatic carboxylic acids is 1. The van der Waals surface area contributed by atoms with E-state index in [0.29, 0.717) is 5.56 Å². The molecule has 0 radical (unpaired) electrons. The maximum Gasteiger partial charge on any atom is 0.335 e. The van der Waals surface area contributed by atoms with Gasteiger partial charge in [-0.3, -0.25) is 9.88 Å². The average Bonchev–Trinajstić information content (AvgIpc) is 2.48. The molecular formula is C17H18N2O2. The van der Waals surface area contributed by atoms with Crippen LogP contribution in [0.2, 0.25) is 0 Å². The predicted octanol–water partition coefficient (Wildman–Crippen LogP) is 2.65. The summed E-state index contributed by atoms with van der Waals surface area (Å²) in [5.41, 5.74) is 4.76. The number of pyridine rings is 1. The number of rotatable bonds is 3. The molecule has 0 unspecified atom stereocenters. The van der Waals surface area contributed by atoms with Crippen LogP contribution in [-0.4, -0.2) is 27.5 Å². The monoisotopic (exact) mass is 282 g/mol. The molecule has 1 aromatic carbocycles. The van der Waals surface area contributed by atoms with Crippen LogP contribution in [0, 0.1) is 6.92 Å². The summed E-state index contributed by atoms with van der Waals surface area (Å²) in [7, 11) is 0. The van der Waals surface area contributed by atoms with Gasteiger partial charge in [-0.15, -0.1) is 0 Å². The first-order valence-electron chi connectivity index (χ1n) is 7.11. The first-order chi connectivity index (χ1) is 10.1. The zero-order chi connectivity index (χ0) is 14.8. The van der Waals surface area contributed by atoms with Crippen LogP contribution in [0.3, 0.4) is 0 Å². The Kier molecular flexibility index (Phi) is 3.71. The third-order valence-corrected chi connectivity index (χ3v) is 3.93.